The number of primary amides is 1. The van der Waals surface area contributed by atoms with Crippen LogP contribution in [0.5, 0.6) is 0 Å². The Morgan fingerprint density at radius 3 is 2.78 bits per heavy atom. The Morgan fingerprint density at radius 1 is 1.31 bits per heavy atom. The molecule has 192 valence electrons. The number of halogens is 1. The molecule has 0 aliphatic carbocycles. The number of aromatic amines is 1. The highest BCUT2D eigenvalue weighted by molar-refractivity contribution is 7.13. The van der Waals surface area contributed by atoms with E-state index in [1.54, 1.807) is 26.0 Å². The number of piperidine rings is 1. The number of benzene rings is 1. The summed E-state index contributed by atoms with van der Waals surface area (Å²) in [5, 5.41) is 3.45. The Morgan fingerprint density at radius 2 is 2.08 bits per heavy atom. The van der Waals surface area contributed by atoms with Crippen LogP contribution in [-0.4, -0.2) is 50.2 Å². The molecule has 3 atom stereocenters. The molecule has 1 saturated heterocycles. The Kier molecular flexibility index (Phi) is 7.67. The first-order valence-corrected chi connectivity index (χ1v) is 13.0. The van der Waals surface area contributed by atoms with E-state index in [2.05, 4.69) is 20.3 Å². The number of H-pyrrole nitrogens is 1. The number of nitrogens with two attached hydrogens (primary N) is 1. The van der Waals surface area contributed by atoms with Crippen molar-refractivity contribution in [3.63, 3.8) is 0 Å². The van der Waals surface area contributed by atoms with Gasteiger partial charge in [0.05, 0.1) is 28.2 Å². The van der Waals surface area contributed by atoms with E-state index in [1.807, 2.05) is 11.8 Å². The molecule has 9 nitrogen and oxygen atoms in total. The van der Waals surface area contributed by atoms with Crippen molar-refractivity contribution in [2.45, 2.75) is 70.9 Å². The van der Waals surface area contributed by atoms with Crippen LogP contribution >= 0.6 is 11.3 Å². The largest absolute Gasteiger partial charge is 0.365 e. The van der Waals surface area contributed by atoms with Gasteiger partial charge in [-0.2, -0.15) is 0 Å². The fraction of sp³-hybridized carbons (Fsp3) is 0.480. The summed E-state index contributed by atoms with van der Waals surface area (Å²) in [6, 6.07) is 4.11. The predicted octanol–water partition coefficient (Wildman–Crippen LogP) is 3.71. The highest BCUT2D eigenvalue weighted by Crippen LogP contribution is 2.31. The van der Waals surface area contributed by atoms with Gasteiger partial charge >= 0.3 is 0 Å². The van der Waals surface area contributed by atoms with Crippen molar-refractivity contribution < 1.29 is 18.8 Å². The van der Waals surface area contributed by atoms with Crippen LogP contribution in [0, 0.1) is 12.7 Å². The van der Waals surface area contributed by atoms with E-state index >= 15 is 0 Å². The molecule has 2 aromatic heterocycles. The van der Waals surface area contributed by atoms with Crippen molar-refractivity contribution in [3.8, 4) is 0 Å². The number of likely N-dealkylation sites (tertiary alicyclic amines) is 1. The molecule has 0 radical (unpaired) electrons. The molecule has 1 aliphatic rings. The number of carbonyl (C=O) groups is 3. The quantitative estimate of drug-likeness (QED) is 0.421. The molecule has 11 heteroatoms. The van der Waals surface area contributed by atoms with Crippen molar-refractivity contribution in [3.05, 3.63) is 45.4 Å². The van der Waals surface area contributed by atoms with Crippen molar-refractivity contribution in [1.82, 2.24) is 25.2 Å². The average Bonchev–Trinajstić information content (AvgIpc) is 3.47. The number of rotatable bonds is 8. The van der Waals surface area contributed by atoms with Gasteiger partial charge < -0.3 is 20.9 Å². The Hall–Kier alpha value is -3.34. The van der Waals surface area contributed by atoms with Gasteiger partial charge in [-0.15, -0.1) is 11.3 Å². The van der Waals surface area contributed by atoms with E-state index in [9.17, 15) is 18.8 Å². The highest BCUT2D eigenvalue weighted by atomic mass is 32.1. The van der Waals surface area contributed by atoms with Crippen LogP contribution < -0.4 is 11.1 Å². The predicted molar refractivity (Wildman–Crippen MR) is 135 cm³/mol. The maximum absolute atomic E-state index is 14.1. The van der Waals surface area contributed by atoms with E-state index in [0.29, 0.717) is 22.9 Å². The van der Waals surface area contributed by atoms with Crippen LogP contribution in [0.25, 0.3) is 11.0 Å². The van der Waals surface area contributed by atoms with Crippen LogP contribution in [0.1, 0.15) is 84.1 Å². The number of hydrogen-bond acceptors (Lipinski definition) is 6. The lowest BCUT2D eigenvalue weighted by molar-refractivity contribution is -0.137. The highest BCUT2D eigenvalue weighted by Gasteiger charge is 2.35. The maximum Gasteiger partial charge on any atom is 0.260 e. The molecule has 1 fully saturated rings. The zero-order valence-electron chi connectivity index (χ0n) is 20.6. The van der Waals surface area contributed by atoms with Crippen LogP contribution in [0.4, 0.5) is 4.39 Å². The second-order valence-electron chi connectivity index (χ2n) is 9.20. The van der Waals surface area contributed by atoms with Crippen molar-refractivity contribution >= 4 is 40.1 Å². The fourth-order valence-electron chi connectivity index (χ4n) is 4.82. The van der Waals surface area contributed by atoms with Crippen molar-refractivity contribution in [2.24, 2.45) is 5.73 Å². The van der Waals surface area contributed by atoms with Gasteiger partial charge in [0.1, 0.15) is 16.2 Å². The van der Waals surface area contributed by atoms with E-state index in [4.69, 9.17) is 5.73 Å². The molecule has 3 heterocycles. The summed E-state index contributed by atoms with van der Waals surface area (Å²) in [5.74, 6) is -2.41. The van der Waals surface area contributed by atoms with Crippen LogP contribution in [-0.2, 0) is 9.59 Å². The van der Waals surface area contributed by atoms with Gasteiger partial charge in [0.2, 0.25) is 11.8 Å². The second-order valence-corrected chi connectivity index (χ2v) is 10.4. The molecule has 4 rings (SSSR count). The first kappa shape index (κ1) is 25.7. The lowest BCUT2D eigenvalue weighted by Gasteiger charge is -2.36. The number of imidazole rings is 1. The SMILES string of the molecule is CC[C@H]1CCCCN1C(=O)C[C@H](C(=O)N[C@@H](C)c1nc2c(F)cccc2[nH]1)c1nc(C)sc1C(N)=O. The molecule has 1 aliphatic heterocycles. The minimum absolute atomic E-state index is 0.132. The van der Waals surface area contributed by atoms with Gasteiger partial charge in [-0.3, -0.25) is 14.4 Å². The third-order valence-electron chi connectivity index (χ3n) is 6.68. The Labute approximate surface area is 212 Å². The lowest BCUT2D eigenvalue weighted by atomic mass is 9.94. The number of aryl methyl sites for hydroxylation is 1. The minimum atomic E-state index is -1.01. The smallest absolute Gasteiger partial charge is 0.260 e. The van der Waals surface area contributed by atoms with E-state index in [0.717, 1.165) is 37.0 Å². The molecule has 0 saturated carbocycles. The number of nitrogens with one attached hydrogen (secondary N) is 2. The van der Waals surface area contributed by atoms with Gasteiger partial charge in [-0.25, -0.2) is 14.4 Å². The zero-order chi connectivity index (χ0) is 26.0. The number of aromatic nitrogens is 3. The van der Waals surface area contributed by atoms with Crippen LogP contribution in [0.15, 0.2) is 18.2 Å². The third kappa shape index (κ3) is 5.25. The standard InChI is InChI=1S/C25H31FN6O3S/c1-4-15-8-5-6-11-32(15)19(33)12-16(20-22(23(27)34)36-14(3)29-20)25(35)28-13(2)24-30-18-10-7-9-17(26)21(18)31-24/h7,9-10,13,15-16H,4-6,8,11-12H2,1-3H3,(H2,27,34)(H,28,35)(H,30,31)/t13-,15-,16-/m0/s1. The maximum atomic E-state index is 14.1. The summed E-state index contributed by atoms with van der Waals surface area (Å²) >= 11 is 1.11. The number of nitrogens with zero attached hydrogens (tertiary/aromatic N) is 3. The molecule has 4 N–H and O–H groups in total. The van der Waals surface area contributed by atoms with Crippen molar-refractivity contribution in [2.75, 3.05) is 6.54 Å². The fourth-order valence-corrected chi connectivity index (χ4v) is 5.65. The molecule has 36 heavy (non-hydrogen) atoms. The zero-order valence-corrected chi connectivity index (χ0v) is 21.5. The van der Waals surface area contributed by atoms with Crippen molar-refractivity contribution in [1.29, 1.82) is 0 Å². The molecule has 3 aromatic rings. The minimum Gasteiger partial charge on any atom is -0.365 e. The number of amides is 3. The summed E-state index contributed by atoms with van der Waals surface area (Å²) in [6.45, 7) is 6.13. The number of hydrogen-bond donors (Lipinski definition) is 3. The molecular weight excluding hydrogens is 483 g/mol. The van der Waals surface area contributed by atoms with Gasteiger partial charge in [-0.05, 0) is 51.7 Å². The van der Waals surface area contributed by atoms with Gasteiger partial charge in [0, 0.05) is 19.0 Å². The normalized spacial score (nSPS) is 17.7. The van der Waals surface area contributed by atoms with Gasteiger partial charge in [-0.1, -0.05) is 13.0 Å². The molecule has 0 bridgehead atoms. The topological polar surface area (TPSA) is 134 Å². The van der Waals surface area contributed by atoms with E-state index in [1.165, 1.54) is 6.07 Å². The third-order valence-corrected chi connectivity index (χ3v) is 7.68. The summed E-state index contributed by atoms with van der Waals surface area (Å²) in [6.07, 6.45) is 3.62. The number of para-hydroxylation sites is 1. The first-order valence-electron chi connectivity index (χ1n) is 12.2. The Bertz CT molecular complexity index is 1290. The molecule has 0 spiro atoms. The molecule has 0 unspecified atom stereocenters. The first-order chi connectivity index (χ1) is 17.2. The van der Waals surface area contributed by atoms with Gasteiger partial charge in [0.25, 0.3) is 5.91 Å². The summed E-state index contributed by atoms with van der Waals surface area (Å²) in [4.78, 5) is 52.9. The second kappa shape index (κ2) is 10.7. The monoisotopic (exact) mass is 514 g/mol. The molecular formula is C25H31FN6O3S. The van der Waals surface area contributed by atoms with E-state index in [-0.39, 0.29) is 34.5 Å². The number of carbonyl (C=O) groups excluding carboxylic acids is 3. The van der Waals surface area contributed by atoms with Crippen LogP contribution in [0.2, 0.25) is 0 Å². The lowest BCUT2D eigenvalue weighted by Crippen LogP contribution is -2.45. The number of thiazole rings is 1. The molecule has 1 aromatic carbocycles. The summed E-state index contributed by atoms with van der Waals surface area (Å²) < 4.78 is 14.1. The van der Waals surface area contributed by atoms with E-state index < -0.39 is 29.6 Å². The summed E-state index contributed by atoms with van der Waals surface area (Å²) in [5.41, 5.74) is 6.49. The van der Waals surface area contributed by atoms with Crippen LogP contribution in [0.3, 0.4) is 0 Å². The average molecular weight is 515 g/mol. The summed E-state index contributed by atoms with van der Waals surface area (Å²) in [7, 11) is 0. The molecule has 3 amide bonds. The Balaban J connectivity index is 1.62. The van der Waals surface area contributed by atoms with Gasteiger partial charge in [0.15, 0.2) is 5.82 Å². The number of fused-ring (bicyclic) bond motifs is 1.